The van der Waals surface area contributed by atoms with Crippen molar-refractivity contribution in [2.45, 2.75) is 56.5 Å². The number of hydrogen-bond acceptors (Lipinski definition) is 1. The molecule has 0 radical (unpaired) electrons. The minimum absolute atomic E-state index is 0. The van der Waals surface area contributed by atoms with Crippen molar-refractivity contribution in [3.05, 3.63) is 30.3 Å². The third-order valence-electron chi connectivity index (χ3n) is 6.76. The molecule has 1 aliphatic carbocycles. The molecule has 4 heteroatoms. The minimum atomic E-state index is -1.82. The van der Waals surface area contributed by atoms with Gasteiger partial charge in [-0.25, -0.2) is 0 Å². The Balaban J connectivity index is 0.00000208. The number of rotatable bonds is 6. The van der Waals surface area contributed by atoms with Gasteiger partial charge in [0.1, 0.15) is 8.07 Å². The van der Waals surface area contributed by atoms with Crippen LogP contribution in [0.1, 0.15) is 44.9 Å². The first kappa shape index (κ1) is 20.4. The van der Waals surface area contributed by atoms with Gasteiger partial charge in [-0.3, -0.25) is 0 Å². The van der Waals surface area contributed by atoms with Gasteiger partial charge in [0.2, 0.25) is 0 Å². The summed E-state index contributed by atoms with van der Waals surface area (Å²) in [7, 11) is 0.621. The van der Waals surface area contributed by atoms with E-state index in [1.165, 1.54) is 80.3 Å². The lowest BCUT2D eigenvalue weighted by Gasteiger charge is -2.42. The Kier molecular flexibility index (Phi) is 7.78. The maximum atomic E-state index is 10.6. The van der Waals surface area contributed by atoms with Crippen LogP contribution in [0.25, 0.3) is 0 Å². The molecule has 24 heavy (non-hydrogen) atoms. The van der Waals surface area contributed by atoms with E-state index in [4.69, 9.17) is 0 Å². The van der Waals surface area contributed by atoms with E-state index < -0.39 is 8.07 Å². The van der Waals surface area contributed by atoms with Gasteiger partial charge >= 0.3 is 0 Å². The summed E-state index contributed by atoms with van der Waals surface area (Å²) in [4.78, 5) is 0. The van der Waals surface area contributed by atoms with Crippen molar-refractivity contribution in [2.24, 2.45) is 0 Å². The van der Waals surface area contributed by atoms with Crippen LogP contribution in [0.5, 0.6) is 0 Å². The maximum Gasteiger partial charge on any atom is 0.123 e. The second-order valence-electron chi connectivity index (χ2n) is 8.26. The molecule has 3 rings (SSSR count). The van der Waals surface area contributed by atoms with E-state index in [2.05, 4.69) is 37.4 Å². The summed E-state index contributed by atoms with van der Waals surface area (Å²) in [5.41, 5.74) is 0.790. The van der Waals surface area contributed by atoms with Crippen molar-refractivity contribution in [1.29, 1.82) is 0 Å². The van der Waals surface area contributed by atoms with Crippen LogP contribution in [0.4, 0.5) is 0 Å². The fourth-order valence-corrected chi connectivity index (χ4v) is 10.2. The number of hydrogen-bond donors (Lipinski definition) is 1. The lowest BCUT2D eigenvalue weighted by Crippen LogP contribution is -3.00. The van der Waals surface area contributed by atoms with Crippen molar-refractivity contribution in [3.63, 3.8) is 0 Å². The smallest absolute Gasteiger partial charge is 0.123 e. The molecule has 0 unspecified atom stereocenters. The number of nitrogens with zero attached hydrogens (tertiary/aromatic N) is 1. The topological polar surface area (TPSA) is 20.2 Å². The molecule has 0 aromatic heterocycles. The van der Waals surface area contributed by atoms with Crippen LogP contribution < -0.4 is 29.2 Å². The van der Waals surface area contributed by atoms with Gasteiger partial charge in [0.05, 0.1) is 26.7 Å². The molecular weight excluding hydrogens is 425 g/mol. The molecule has 1 aromatic rings. The zero-order valence-corrected chi connectivity index (χ0v) is 18.4. The third kappa shape index (κ3) is 4.43. The van der Waals surface area contributed by atoms with Crippen LogP contribution >= 0.6 is 0 Å². The highest BCUT2D eigenvalue weighted by molar-refractivity contribution is 6.93. The van der Waals surface area contributed by atoms with Crippen LogP contribution in [0.15, 0.2) is 30.3 Å². The lowest BCUT2D eigenvalue weighted by atomic mass is 10.0. The molecule has 1 N–H and O–H groups in total. The van der Waals surface area contributed by atoms with Crippen LogP contribution in [-0.2, 0) is 0 Å². The number of benzene rings is 1. The summed E-state index contributed by atoms with van der Waals surface area (Å²) in [6, 6.07) is 12.4. The van der Waals surface area contributed by atoms with E-state index in [-0.39, 0.29) is 24.0 Å². The van der Waals surface area contributed by atoms with Gasteiger partial charge < -0.3 is 33.6 Å². The summed E-state index contributed by atoms with van der Waals surface area (Å²) in [6.07, 6.45) is 10.1. The Hall–Kier alpha value is 0.0869. The molecule has 2 fully saturated rings. The summed E-state index contributed by atoms with van der Waals surface area (Å²) in [5, 5.41) is 12.1. The predicted octanol–water partition coefficient (Wildman–Crippen LogP) is 0.453. The average molecular weight is 459 g/mol. The summed E-state index contributed by atoms with van der Waals surface area (Å²) in [5.74, 6) is 0. The molecule has 0 bridgehead atoms. The Labute approximate surface area is 166 Å². The standard InChI is InChI=1S/C20H34NOSi.HI/c1-21(14-8-9-15-21)16-17-23(18-22,19-10-4-2-5-11-19)20-12-6-3-7-13-20;/h2,4-5,10-11,20,22H,3,6-9,12-18H2,1H3;1H/q+1;/p-1/t23-;/m1./s1. The first-order valence-corrected chi connectivity index (χ1v) is 12.2. The predicted molar refractivity (Wildman–Crippen MR) is 101 cm³/mol. The average Bonchev–Trinajstić information content (AvgIpc) is 3.05. The van der Waals surface area contributed by atoms with Crippen molar-refractivity contribution < 1.29 is 33.6 Å². The normalized spacial score (nSPS) is 23.4. The van der Waals surface area contributed by atoms with Gasteiger partial charge in [0, 0.05) is 19.1 Å². The Morgan fingerprint density at radius 1 is 1.00 bits per heavy atom. The van der Waals surface area contributed by atoms with Crippen LogP contribution in [0, 0.1) is 0 Å². The fraction of sp³-hybridized carbons (Fsp3) is 0.700. The lowest BCUT2D eigenvalue weighted by molar-refractivity contribution is -0.895. The van der Waals surface area contributed by atoms with Gasteiger partial charge in [0.15, 0.2) is 0 Å². The van der Waals surface area contributed by atoms with E-state index in [9.17, 15) is 5.11 Å². The molecule has 1 heterocycles. The SMILES string of the molecule is C[N+]1(CC[Si@@](CO)(c2ccccc2)C2CCCCC2)CCCC1.[I-]. The highest BCUT2D eigenvalue weighted by Gasteiger charge is 2.44. The molecule has 0 amide bonds. The number of likely N-dealkylation sites (tertiary alicyclic amines) is 1. The zero-order chi connectivity index (χ0) is 16.2. The summed E-state index contributed by atoms with van der Waals surface area (Å²) >= 11 is 0. The van der Waals surface area contributed by atoms with Gasteiger partial charge in [-0.2, -0.15) is 0 Å². The van der Waals surface area contributed by atoms with Crippen molar-refractivity contribution in [3.8, 4) is 0 Å². The number of aliphatic hydroxyl groups is 1. The number of aliphatic hydroxyl groups excluding tert-OH is 1. The van der Waals surface area contributed by atoms with Gasteiger partial charge in [-0.1, -0.05) is 67.6 Å². The van der Waals surface area contributed by atoms with Gasteiger partial charge in [-0.15, -0.1) is 0 Å². The number of halogens is 1. The van der Waals surface area contributed by atoms with Crippen molar-refractivity contribution >= 4 is 13.3 Å². The monoisotopic (exact) mass is 459 g/mol. The van der Waals surface area contributed by atoms with E-state index in [1.807, 2.05) is 0 Å². The van der Waals surface area contributed by atoms with E-state index in [1.54, 1.807) is 0 Å². The van der Waals surface area contributed by atoms with Crippen LogP contribution in [0.2, 0.25) is 11.6 Å². The molecule has 1 aliphatic heterocycles. The second-order valence-corrected chi connectivity index (χ2v) is 12.8. The first-order chi connectivity index (χ1) is 11.2. The molecule has 2 nitrogen and oxygen atoms in total. The largest absolute Gasteiger partial charge is 1.00 e. The zero-order valence-electron chi connectivity index (χ0n) is 15.2. The maximum absolute atomic E-state index is 10.6. The second kappa shape index (κ2) is 9.15. The van der Waals surface area contributed by atoms with Crippen LogP contribution in [0.3, 0.4) is 0 Å². The summed E-state index contributed by atoms with van der Waals surface area (Å²) < 4.78 is 1.24. The Morgan fingerprint density at radius 3 is 2.21 bits per heavy atom. The number of quaternary nitrogens is 1. The highest BCUT2D eigenvalue weighted by Crippen LogP contribution is 2.39. The van der Waals surface area contributed by atoms with Crippen LogP contribution in [-0.4, -0.2) is 50.6 Å². The minimum Gasteiger partial charge on any atom is -1.00 e. The fourth-order valence-electron chi connectivity index (χ4n) is 5.10. The van der Waals surface area contributed by atoms with Crippen molar-refractivity contribution in [1.82, 2.24) is 0 Å². The Bertz CT molecular complexity index is 486. The molecule has 1 aromatic carbocycles. The van der Waals surface area contributed by atoms with E-state index >= 15 is 0 Å². The van der Waals surface area contributed by atoms with E-state index in [0.29, 0.717) is 6.23 Å². The van der Waals surface area contributed by atoms with E-state index in [0.717, 1.165) is 5.54 Å². The summed E-state index contributed by atoms with van der Waals surface area (Å²) in [6.45, 7) is 3.96. The molecule has 0 spiro atoms. The molecular formula is C20H34INOSi. The van der Waals surface area contributed by atoms with Crippen molar-refractivity contribution in [2.75, 3.05) is 32.9 Å². The molecule has 136 valence electrons. The molecule has 1 saturated carbocycles. The van der Waals surface area contributed by atoms with Gasteiger partial charge in [-0.05, 0) is 11.6 Å². The quantitative estimate of drug-likeness (QED) is 0.372. The molecule has 1 atom stereocenters. The van der Waals surface area contributed by atoms with Gasteiger partial charge in [0.25, 0.3) is 0 Å². The first-order valence-electron chi connectivity index (χ1n) is 9.69. The highest BCUT2D eigenvalue weighted by atomic mass is 127. The molecule has 1 saturated heterocycles. The third-order valence-corrected chi connectivity index (χ3v) is 12.1. The Morgan fingerprint density at radius 2 is 1.62 bits per heavy atom. The molecule has 2 aliphatic rings.